The Balaban J connectivity index is 2.06. The molecule has 0 bridgehead atoms. The Morgan fingerprint density at radius 2 is 2.40 bits per heavy atom. The molecule has 2 atom stereocenters. The van der Waals surface area contributed by atoms with Crippen LogP contribution in [0.5, 0.6) is 0 Å². The van der Waals surface area contributed by atoms with Crippen LogP contribution in [0.2, 0.25) is 0 Å². The van der Waals surface area contributed by atoms with Gasteiger partial charge in [0.05, 0.1) is 0 Å². The largest absolute Gasteiger partial charge is 0.332 e. The average molecular weight is 207 g/mol. The summed E-state index contributed by atoms with van der Waals surface area (Å²) in [5.41, 5.74) is 0. The van der Waals surface area contributed by atoms with E-state index in [2.05, 4.69) is 35.0 Å². The van der Waals surface area contributed by atoms with Gasteiger partial charge in [-0.2, -0.15) is 0 Å². The highest BCUT2D eigenvalue weighted by molar-refractivity contribution is 4.98. The van der Waals surface area contributed by atoms with Crippen molar-refractivity contribution < 1.29 is 0 Å². The molecule has 1 N–H and O–H groups in total. The van der Waals surface area contributed by atoms with Gasteiger partial charge in [-0.25, -0.2) is 4.98 Å². The summed E-state index contributed by atoms with van der Waals surface area (Å²) in [6.45, 7) is 2.21. The van der Waals surface area contributed by atoms with E-state index in [1.807, 2.05) is 6.20 Å². The molecule has 1 heterocycles. The van der Waals surface area contributed by atoms with Crippen molar-refractivity contribution in [3.63, 3.8) is 0 Å². The lowest BCUT2D eigenvalue weighted by Gasteiger charge is -2.15. The summed E-state index contributed by atoms with van der Waals surface area (Å²) in [5, 5.41) is 3.37. The third kappa shape index (κ3) is 2.23. The fraction of sp³-hybridized carbons (Fsp3) is 0.750. The van der Waals surface area contributed by atoms with Crippen LogP contribution in [0, 0.1) is 0 Å². The van der Waals surface area contributed by atoms with Crippen LogP contribution < -0.4 is 5.32 Å². The maximum absolute atomic E-state index is 4.44. The minimum atomic E-state index is 0.673. The highest BCUT2D eigenvalue weighted by Gasteiger charge is 2.25. The fourth-order valence-corrected chi connectivity index (χ4v) is 2.57. The number of hydrogen-bond acceptors (Lipinski definition) is 2. The zero-order valence-electron chi connectivity index (χ0n) is 9.74. The Morgan fingerprint density at radius 1 is 1.53 bits per heavy atom. The van der Waals surface area contributed by atoms with Crippen LogP contribution in [-0.4, -0.2) is 22.6 Å². The van der Waals surface area contributed by atoms with E-state index >= 15 is 0 Å². The monoisotopic (exact) mass is 207 g/mol. The molecule has 3 nitrogen and oxygen atoms in total. The molecule has 1 aliphatic rings. The van der Waals surface area contributed by atoms with Crippen molar-refractivity contribution in [1.82, 2.24) is 14.9 Å². The van der Waals surface area contributed by atoms with Gasteiger partial charge in [-0.15, -0.1) is 0 Å². The first kappa shape index (κ1) is 10.7. The van der Waals surface area contributed by atoms with Crippen molar-refractivity contribution in [2.45, 2.75) is 51.1 Å². The van der Waals surface area contributed by atoms with Gasteiger partial charge in [0, 0.05) is 30.9 Å². The Hall–Kier alpha value is -0.830. The Labute approximate surface area is 91.9 Å². The van der Waals surface area contributed by atoms with Crippen molar-refractivity contribution >= 4 is 0 Å². The summed E-state index contributed by atoms with van der Waals surface area (Å²) in [6, 6.07) is 1.37. The van der Waals surface area contributed by atoms with Crippen LogP contribution in [-0.2, 0) is 6.42 Å². The van der Waals surface area contributed by atoms with Crippen molar-refractivity contribution in [1.29, 1.82) is 0 Å². The van der Waals surface area contributed by atoms with E-state index in [0.29, 0.717) is 12.1 Å². The van der Waals surface area contributed by atoms with Gasteiger partial charge in [-0.3, -0.25) is 0 Å². The molecule has 1 fully saturated rings. The zero-order valence-corrected chi connectivity index (χ0v) is 9.74. The first-order valence-electron chi connectivity index (χ1n) is 6.04. The maximum atomic E-state index is 4.44. The van der Waals surface area contributed by atoms with E-state index in [-0.39, 0.29) is 0 Å². The average Bonchev–Trinajstić information content (AvgIpc) is 2.85. The summed E-state index contributed by atoms with van der Waals surface area (Å²) in [5.74, 6) is 1.26. The number of imidazole rings is 1. The molecule has 0 radical (unpaired) electrons. The van der Waals surface area contributed by atoms with Crippen LogP contribution in [0.3, 0.4) is 0 Å². The molecule has 1 aromatic rings. The quantitative estimate of drug-likeness (QED) is 0.820. The fourth-order valence-electron chi connectivity index (χ4n) is 2.57. The van der Waals surface area contributed by atoms with Gasteiger partial charge in [0.25, 0.3) is 0 Å². The van der Waals surface area contributed by atoms with Gasteiger partial charge in [0.15, 0.2) is 0 Å². The molecule has 2 unspecified atom stereocenters. The van der Waals surface area contributed by atoms with Gasteiger partial charge >= 0.3 is 0 Å². The maximum Gasteiger partial charge on any atom is 0.108 e. The molecule has 1 aliphatic carbocycles. The second-order valence-electron chi connectivity index (χ2n) is 4.45. The van der Waals surface area contributed by atoms with Crippen molar-refractivity contribution in [2.75, 3.05) is 7.05 Å². The molecule has 1 saturated carbocycles. The molecule has 15 heavy (non-hydrogen) atoms. The third-order valence-electron chi connectivity index (χ3n) is 3.43. The van der Waals surface area contributed by atoms with Gasteiger partial charge < -0.3 is 9.88 Å². The summed E-state index contributed by atoms with van der Waals surface area (Å²) in [7, 11) is 2.06. The number of nitrogens with zero attached hydrogens (tertiary/aromatic N) is 2. The highest BCUT2D eigenvalue weighted by atomic mass is 15.1. The molecule has 3 heteroatoms. The zero-order chi connectivity index (χ0) is 10.7. The minimum Gasteiger partial charge on any atom is -0.332 e. The summed E-state index contributed by atoms with van der Waals surface area (Å²) in [6.07, 6.45) is 10.2. The predicted molar refractivity (Wildman–Crippen MR) is 62.0 cm³/mol. The van der Waals surface area contributed by atoms with E-state index in [1.165, 1.54) is 31.5 Å². The standard InChI is InChI=1S/C12H21N3/c1-3-4-12-14-7-8-15(12)11-6-5-10(9-11)13-2/h7-8,10-11,13H,3-6,9H2,1-2H3. The van der Waals surface area contributed by atoms with Crippen LogP contribution in [0.25, 0.3) is 0 Å². The first-order chi connectivity index (χ1) is 7.35. The molecule has 1 aromatic heterocycles. The normalized spacial score (nSPS) is 26.0. The Kier molecular flexibility index (Phi) is 3.41. The van der Waals surface area contributed by atoms with Crippen LogP contribution >= 0.6 is 0 Å². The predicted octanol–water partition coefficient (Wildman–Crippen LogP) is 2.15. The van der Waals surface area contributed by atoms with Crippen LogP contribution in [0.1, 0.15) is 44.5 Å². The number of rotatable bonds is 4. The summed E-state index contributed by atoms with van der Waals surface area (Å²) >= 11 is 0. The van der Waals surface area contributed by atoms with Crippen LogP contribution in [0.4, 0.5) is 0 Å². The molecule has 2 rings (SSSR count). The van der Waals surface area contributed by atoms with E-state index in [0.717, 1.165) is 6.42 Å². The molecular formula is C12H21N3. The van der Waals surface area contributed by atoms with E-state index in [4.69, 9.17) is 0 Å². The smallest absolute Gasteiger partial charge is 0.108 e. The second kappa shape index (κ2) is 4.79. The molecule has 0 amide bonds. The van der Waals surface area contributed by atoms with Gasteiger partial charge in [0.1, 0.15) is 5.82 Å². The lowest BCUT2D eigenvalue weighted by molar-refractivity contribution is 0.475. The number of aromatic nitrogens is 2. The van der Waals surface area contributed by atoms with E-state index in [9.17, 15) is 0 Å². The van der Waals surface area contributed by atoms with Gasteiger partial charge in [-0.05, 0) is 32.7 Å². The molecule has 84 valence electrons. The van der Waals surface area contributed by atoms with Gasteiger partial charge in [0.2, 0.25) is 0 Å². The van der Waals surface area contributed by atoms with E-state index < -0.39 is 0 Å². The molecule has 0 spiro atoms. The molecule has 0 saturated heterocycles. The minimum absolute atomic E-state index is 0.673. The molecular weight excluding hydrogens is 186 g/mol. The van der Waals surface area contributed by atoms with Gasteiger partial charge in [-0.1, -0.05) is 6.92 Å². The van der Waals surface area contributed by atoms with Crippen LogP contribution in [0.15, 0.2) is 12.4 Å². The van der Waals surface area contributed by atoms with Crippen molar-refractivity contribution in [2.24, 2.45) is 0 Å². The SMILES string of the molecule is CCCc1nccn1C1CCC(NC)C1. The molecule has 0 aliphatic heterocycles. The topological polar surface area (TPSA) is 29.9 Å². The first-order valence-corrected chi connectivity index (χ1v) is 6.04. The number of nitrogens with one attached hydrogen (secondary N) is 1. The van der Waals surface area contributed by atoms with Crippen molar-refractivity contribution in [3.8, 4) is 0 Å². The number of hydrogen-bond donors (Lipinski definition) is 1. The van der Waals surface area contributed by atoms with Crippen molar-refractivity contribution in [3.05, 3.63) is 18.2 Å². The second-order valence-corrected chi connectivity index (χ2v) is 4.45. The summed E-state index contributed by atoms with van der Waals surface area (Å²) in [4.78, 5) is 4.44. The highest BCUT2D eigenvalue weighted by Crippen LogP contribution is 2.30. The lowest BCUT2D eigenvalue weighted by Crippen LogP contribution is -2.22. The number of aryl methyl sites for hydroxylation is 1. The Morgan fingerprint density at radius 3 is 3.07 bits per heavy atom. The molecule has 0 aromatic carbocycles. The third-order valence-corrected chi connectivity index (χ3v) is 3.43. The van der Waals surface area contributed by atoms with E-state index in [1.54, 1.807) is 0 Å². The summed E-state index contributed by atoms with van der Waals surface area (Å²) < 4.78 is 2.39. The Bertz CT molecular complexity index is 306. The lowest BCUT2D eigenvalue weighted by atomic mass is 10.2.